The fraction of sp³-hybridized carbons (Fsp3) is 1.00. The molecule has 0 saturated heterocycles. The zero-order valence-electron chi connectivity index (χ0n) is 7.35. The number of hydrogen-bond acceptors (Lipinski definition) is 2. The molecule has 0 aromatic rings. The standard InChI is InChI=1S/C7H14F2O2P/c1-3-11-7(8,9)5-4-6-12(2)10/h3-6H2,1-2H3/q+1. The van der Waals surface area contributed by atoms with Crippen LogP contribution < -0.4 is 0 Å². The van der Waals surface area contributed by atoms with Crippen molar-refractivity contribution in [3.63, 3.8) is 0 Å². The molecular formula is C7H14F2O2P+. The second-order valence-electron chi connectivity index (χ2n) is 2.53. The van der Waals surface area contributed by atoms with Crippen LogP contribution in [0.25, 0.3) is 0 Å². The first-order valence-electron chi connectivity index (χ1n) is 3.88. The van der Waals surface area contributed by atoms with Crippen molar-refractivity contribution in [1.82, 2.24) is 0 Å². The van der Waals surface area contributed by atoms with Crippen LogP contribution in [0.3, 0.4) is 0 Å². The Balaban J connectivity index is 3.53. The predicted octanol–water partition coefficient (Wildman–Crippen LogP) is 2.85. The average Bonchev–Trinajstić information content (AvgIpc) is 1.85. The van der Waals surface area contributed by atoms with E-state index < -0.39 is 13.9 Å². The predicted molar refractivity (Wildman–Crippen MR) is 44.2 cm³/mol. The van der Waals surface area contributed by atoms with Crippen molar-refractivity contribution in [1.29, 1.82) is 0 Å². The molecule has 2 nitrogen and oxygen atoms in total. The lowest BCUT2D eigenvalue weighted by molar-refractivity contribution is -0.239. The van der Waals surface area contributed by atoms with Crippen LogP contribution in [0.2, 0.25) is 0 Å². The van der Waals surface area contributed by atoms with Crippen molar-refractivity contribution in [2.75, 3.05) is 19.4 Å². The summed E-state index contributed by atoms with van der Waals surface area (Å²) in [7, 11) is -1.30. The molecular weight excluding hydrogens is 185 g/mol. The molecule has 0 aromatic heterocycles. The smallest absolute Gasteiger partial charge is 0.321 e. The molecule has 5 heteroatoms. The van der Waals surface area contributed by atoms with Gasteiger partial charge in [0.2, 0.25) is 0 Å². The molecule has 0 fully saturated rings. The Kier molecular flexibility index (Phi) is 5.51. The number of alkyl halides is 2. The summed E-state index contributed by atoms with van der Waals surface area (Å²) >= 11 is 0. The SMILES string of the molecule is CCOC(F)(F)CCC[P+](C)=O. The van der Waals surface area contributed by atoms with Crippen molar-refractivity contribution >= 4 is 7.80 Å². The first-order valence-corrected chi connectivity index (χ1v) is 5.77. The summed E-state index contributed by atoms with van der Waals surface area (Å²) in [4.78, 5) is 0. The molecule has 0 amide bonds. The fourth-order valence-electron chi connectivity index (χ4n) is 0.791. The van der Waals surface area contributed by atoms with Crippen molar-refractivity contribution in [3.05, 3.63) is 0 Å². The molecule has 1 unspecified atom stereocenters. The molecule has 0 aromatic carbocycles. The second kappa shape index (κ2) is 5.55. The minimum Gasteiger partial charge on any atom is -0.321 e. The van der Waals surface area contributed by atoms with Crippen LogP contribution in [0, 0.1) is 0 Å². The lowest BCUT2D eigenvalue weighted by Crippen LogP contribution is -2.20. The zero-order chi connectivity index (χ0) is 9.61. The lowest BCUT2D eigenvalue weighted by atomic mass is 10.3. The van der Waals surface area contributed by atoms with Crippen LogP contribution in [0.1, 0.15) is 19.8 Å². The molecule has 1 atom stereocenters. The van der Waals surface area contributed by atoms with Gasteiger partial charge in [-0.2, -0.15) is 8.78 Å². The maximum absolute atomic E-state index is 12.6. The lowest BCUT2D eigenvalue weighted by Gasteiger charge is -2.13. The molecule has 0 aliphatic carbocycles. The maximum atomic E-state index is 12.6. The normalized spacial score (nSPS) is 13.2. The van der Waals surface area contributed by atoms with E-state index in [1.807, 2.05) is 0 Å². The van der Waals surface area contributed by atoms with E-state index in [2.05, 4.69) is 4.74 Å². The van der Waals surface area contributed by atoms with Gasteiger partial charge in [-0.1, -0.05) is 4.57 Å². The van der Waals surface area contributed by atoms with Gasteiger partial charge < -0.3 is 4.74 Å². The van der Waals surface area contributed by atoms with Gasteiger partial charge in [-0.15, -0.1) is 0 Å². The summed E-state index contributed by atoms with van der Waals surface area (Å²) in [5, 5.41) is 0. The average molecular weight is 199 g/mol. The third-order valence-electron chi connectivity index (χ3n) is 1.30. The highest BCUT2D eigenvalue weighted by atomic mass is 31.1. The third-order valence-corrected chi connectivity index (χ3v) is 2.24. The van der Waals surface area contributed by atoms with Crippen LogP contribution in [-0.4, -0.2) is 25.5 Å². The van der Waals surface area contributed by atoms with Gasteiger partial charge in [0.1, 0.15) is 12.8 Å². The van der Waals surface area contributed by atoms with E-state index in [4.69, 9.17) is 0 Å². The van der Waals surface area contributed by atoms with Gasteiger partial charge in [0.25, 0.3) is 0 Å². The minimum absolute atomic E-state index is 0.00522. The summed E-state index contributed by atoms with van der Waals surface area (Å²) in [6.07, 6.45) is -2.79. The Morgan fingerprint density at radius 1 is 1.50 bits per heavy atom. The van der Waals surface area contributed by atoms with Crippen molar-refractivity contribution in [3.8, 4) is 0 Å². The van der Waals surface area contributed by atoms with E-state index in [9.17, 15) is 13.3 Å². The molecule has 0 heterocycles. The van der Waals surface area contributed by atoms with Crippen molar-refractivity contribution < 1.29 is 18.1 Å². The molecule has 0 spiro atoms. The second-order valence-corrected chi connectivity index (χ2v) is 4.23. The minimum atomic E-state index is -3.04. The fourth-order valence-corrected chi connectivity index (χ4v) is 1.39. The largest absolute Gasteiger partial charge is 0.355 e. The maximum Gasteiger partial charge on any atom is 0.355 e. The van der Waals surface area contributed by atoms with Gasteiger partial charge >= 0.3 is 13.9 Å². The molecule has 0 saturated carbocycles. The highest BCUT2D eigenvalue weighted by molar-refractivity contribution is 7.43. The van der Waals surface area contributed by atoms with Gasteiger partial charge in [-0.05, 0) is 13.3 Å². The first-order chi connectivity index (χ1) is 5.48. The van der Waals surface area contributed by atoms with Crippen molar-refractivity contribution in [2.24, 2.45) is 0 Å². The quantitative estimate of drug-likeness (QED) is 0.615. The molecule has 72 valence electrons. The molecule has 12 heavy (non-hydrogen) atoms. The van der Waals surface area contributed by atoms with Crippen molar-refractivity contribution in [2.45, 2.75) is 25.9 Å². The zero-order valence-corrected chi connectivity index (χ0v) is 8.24. The number of rotatable bonds is 6. The van der Waals surface area contributed by atoms with E-state index in [0.717, 1.165) is 0 Å². The number of ether oxygens (including phenoxy) is 1. The first kappa shape index (κ1) is 11.9. The van der Waals surface area contributed by atoms with E-state index >= 15 is 0 Å². The molecule has 0 aliphatic heterocycles. The molecule has 0 rings (SSSR count). The van der Waals surface area contributed by atoms with Gasteiger partial charge in [0, 0.05) is 6.42 Å². The Morgan fingerprint density at radius 3 is 2.50 bits per heavy atom. The van der Waals surface area contributed by atoms with Crippen LogP contribution in [0.5, 0.6) is 0 Å². The van der Waals surface area contributed by atoms with Crippen LogP contribution in [0.4, 0.5) is 8.78 Å². The summed E-state index contributed by atoms with van der Waals surface area (Å²) in [5.74, 6) is 0. The summed E-state index contributed by atoms with van der Waals surface area (Å²) in [6, 6.07) is 0. The topological polar surface area (TPSA) is 26.3 Å². The third kappa shape index (κ3) is 6.62. The van der Waals surface area contributed by atoms with Crippen LogP contribution in [0.15, 0.2) is 0 Å². The van der Waals surface area contributed by atoms with Gasteiger partial charge in [-0.25, -0.2) is 0 Å². The highest BCUT2D eigenvalue weighted by Gasteiger charge is 2.29. The summed E-state index contributed by atoms with van der Waals surface area (Å²) in [5.41, 5.74) is 0. The Morgan fingerprint density at radius 2 is 2.08 bits per heavy atom. The Hall–Kier alpha value is -0.0800. The highest BCUT2D eigenvalue weighted by Crippen LogP contribution is 2.25. The molecule has 0 aliphatic rings. The van der Waals surface area contributed by atoms with Gasteiger partial charge in [0.05, 0.1) is 6.61 Å². The van der Waals surface area contributed by atoms with Crippen LogP contribution >= 0.6 is 7.80 Å². The van der Waals surface area contributed by atoms with E-state index in [0.29, 0.717) is 6.16 Å². The van der Waals surface area contributed by atoms with E-state index in [1.165, 1.54) is 13.6 Å². The monoisotopic (exact) mass is 199 g/mol. The van der Waals surface area contributed by atoms with Gasteiger partial charge in [0.15, 0.2) is 0 Å². The summed E-state index contributed by atoms with van der Waals surface area (Å²) in [6.45, 7) is 3.06. The Bertz CT molecular complexity index is 150. The molecule has 0 N–H and O–H groups in total. The molecule has 0 bridgehead atoms. The van der Waals surface area contributed by atoms with E-state index in [1.54, 1.807) is 0 Å². The number of halogens is 2. The van der Waals surface area contributed by atoms with Gasteiger partial charge in [-0.3, -0.25) is 0 Å². The van der Waals surface area contributed by atoms with Crippen LogP contribution in [-0.2, 0) is 9.30 Å². The summed E-state index contributed by atoms with van der Waals surface area (Å²) < 4.78 is 39.8. The number of hydrogen-bond donors (Lipinski definition) is 0. The van der Waals surface area contributed by atoms with E-state index in [-0.39, 0.29) is 19.4 Å². The Labute approximate surface area is 72.1 Å². The molecule has 0 radical (unpaired) electrons.